The van der Waals surface area contributed by atoms with Crippen LogP contribution in [0, 0.1) is 0 Å². The van der Waals surface area contributed by atoms with Crippen LogP contribution in [0.25, 0.3) is 22.6 Å². The molecule has 10 heteroatoms. The highest BCUT2D eigenvalue weighted by molar-refractivity contribution is 7.89. The summed E-state index contributed by atoms with van der Waals surface area (Å²) in [6, 6.07) is 14.6. The van der Waals surface area contributed by atoms with Crippen molar-refractivity contribution in [1.29, 1.82) is 0 Å². The van der Waals surface area contributed by atoms with E-state index in [1.54, 1.807) is 24.3 Å². The molecule has 4 N–H and O–H groups in total. The van der Waals surface area contributed by atoms with Crippen molar-refractivity contribution in [3.63, 3.8) is 0 Å². The van der Waals surface area contributed by atoms with E-state index in [1.165, 1.54) is 24.3 Å². The molecular weight excluding hydrogens is 379 g/mol. The van der Waals surface area contributed by atoms with Crippen molar-refractivity contribution < 1.29 is 27.2 Å². The first-order valence-corrected chi connectivity index (χ1v) is 10.7. The van der Waals surface area contributed by atoms with Crippen LogP contribution in [0.4, 0.5) is 0 Å². The molecule has 3 rings (SSSR count). The maximum Gasteiger partial charge on any atom is 0.334 e. The summed E-state index contributed by atoms with van der Waals surface area (Å²) >= 11 is 0. The molecule has 0 aliphatic carbocycles. The number of rotatable bonds is 5. The Hall–Kier alpha value is -2.29. The van der Waals surface area contributed by atoms with Crippen LogP contribution >= 0.6 is 7.60 Å². The highest BCUT2D eigenvalue weighted by Crippen LogP contribution is 2.41. The molecule has 0 aliphatic heterocycles. The van der Waals surface area contributed by atoms with Gasteiger partial charge in [-0.1, -0.05) is 30.3 Å². The fraction of sp³-hybridized carbons (Fsp3) is 0.0625. The third kappa shape index (κ3) is 4.27. The number of nitrogens with zero attached hydrogens (tertiary/aromatic N) is 1. The number of hydrogen-bond acceptors (Lipinski definition) is 5. The largest absolute Gasteiger partial charge is 0.439 e. The molecule has 3 aromatic rings. The average molecular weight is 394 g/mol. The molecule has 26 heavy (non-hydrogen) atoms. The number of aromatic nitrogens is 1. The maximum absolute atomic E-state index is 11.4. The van der Waals surface area contributed by atoms with Crippen molar-refractivity contribution in [3.8, 4) is 22.6 Å². The number of nitrogens with two attached hydrogens (primary N) is 1. The standard InChI is InChI=1S/C16H15N2O6PS/c17-26(22,23)13-8-6-12(7-9-13)16-15(11-4-2-1-3-5-11)18-14(24-16)10-25(19,20)21/h1-9H,10H2,(H2,17,22,23)(H2,19,20,21). The molecule has 0 fully saturated rings. The van der Waals surface area contributed by atoms with E-state index < -0.39 is 23.8 Å². The van der Waals surface area contributed by atoms with E-state index in [0.717, 1.165) is 0 Å². The molecule has 0 aliphatic rings. The van der Waals surface area contributed by atoms with Crippen LogP contribution in [0.15, 0.2) is 63.9 Å². The molecule has 1 aromatic heterocycles. The Kier molecular flexibility index (Phi) is 4.83. The number of primary sulfonamides is 1. The molecule has 0 bridgehead atoms. The van der Waals surface area contributed by atoms with Gasteiger partial charge in [0, 0.05) is 11.1 Å². The topological polar surface area (TPSA) is 144 Å². The van der Waals surface area contributed by atoms with Gasteiger partial charge in [-0.2, -0.15) is 0 Å². The molecule has 8 nitrogen and oxygen atoms in total. The molecule has 136 valence electrons. The zero-order chi connectivity index (χ0) is 18.9. The van der Waals surface area contributed by atoms with Crippen LogP contribution in [0.5, 0.6) is 0 Å². The van der Waals surface area contributed by atoms with Crippen molar-refractivity contribution in [1.82, 2.24) is 4.98 Å². The summed E-state index contributed by atoms with van der Waals surface area (Å²) in [4.78, 5) is 22.5. The van der Waals surface area contributed by atoms with E-state index in [4.69, 9.17) is 19.3 Å². The Morgan fingerprint density at radius 2 is 1.62 bits per heavy atom. The van der Waals surface area contributed by atoms with Crippen molar-refractivity contribution in [3.05, 3.63) is 60.5 Å². The van der Waals surface area contributed by atoms with E-state index >= 15 is 0 Å². The third-order valence-electron chi connectivity index (χ3n) is 3.50. The van der Waals surface area contributed by atoms with Gasteiger partial charge in [0.25, 0.3) is 0 Å². The van der Waals surface area contributed by atoms with Crippen LogP contribution in [0.2, 0.25) is 0 Å². The zero-order valence-corrected chi connectivity index (χ0v) is 15.0. The molecule has 0 radical (unpaired) electrons. The minimum Gasteiger partial charge on any atom is -0.439 e. The van der Waals surface area contributed by atoms with Crippen molar-refractivity contribution >= 4 is 17.6 Å². The van der Waals surface area contributed by atoms with E-state index in [0.29, 0.717) is 16.8 Å². The van der Waals surface area contributed by atoms with Gasteiger partial charge < -0.3 is 14.2 Å². The van der Waals surface area contributed by atoms with Crippen molar-refractivity contribution in [2.75, 3.05) is 0 Å². The molecule has 0 unspecified atom stereocenters. The van der Waals surface area contributed by atoms with Crippen molar-refractivity contribution in [2.45, 2.75) is 11.1 Å². The van der Waals surface area contributed by atoms with Crippen LogP contribution in [0.1, 0.15) is 5.89 Å². The normalized spacial score (nSPS) is 12.3. The second-order valence-corrected chi connectivity index (χ2v) is 8.75. The Labute approximate surface area is 149 Å². The smallest absolute Gasteiger partial charge is 0.334 e. The molecule has 2 aromatic carbocycles. The van der Waals surface area contributed by atoms with Gasteiger partial charge in [-0.05, 0) is 24.3 Å². The lowest BCUT2D eigenvalue weighted by Crippen LogP contribution is -2.11. The lowest BCUT2D eigenvalue weighted by molar-refractivity contribution is 0.364. The molecule has 0 atom stereocenters. The summed E-state index contributed by atoms with van der Waals surface area (Å²) in [5.74, 6) is 0.170. The lowest BCUT2D eigenvalue weighted by Gasteiger charge is -2.03. The summed E-state index contributed by atoms with van der Waals surface area (Å²) in [5, 5.41) is 5.09. The SMILES string of the molecule is NS(=O)(=O)c1ccc(-c2oc(CP(=O)(O)O)nc2-c2ccccc2)cc1. The Morgan fingerprint density at radius 1 is 1.00 bits per heavy atom. The second kappa shape index (κ2) is 6.79. The number of benzene rings is 2. The fourth-order valence-corrected chi connectivity index (χ4v) is 3.39. The number of oxazole rings is 1. The number of sulfonamides is 1. The maximum atomic E-state index is 11.4. The highest BCUT2D eigenvalue weighted by Gasteiger charge is 2.23. The molecule has 0 saturated carbocycles. The monoisotopic (exact) mass is 394 g/mol. The molecule has 0 saturated heterocycles. The quantitative estimate of drug-likeness (QED) is 0.563. The van der Waals surface area contributed by atoms with Crippen LogP contribution < -0.4 is 5.14 Å². The van der Waals surface area contributed by atoms with E-state index in [2.05, 4.69) is 4.98 Å². The first kappa shape index (κ1) is 18.5. The first-order chi connectivity index (χ1) is 12.1. The summed E-state index contributed by atoms with van der Waals surface area (Å²) in [5.41, 5.74) is 1.59. The molecule has 0 amide bonds. The average Bonchev–Trinajstić information content (AvgIpc) is 2.97. The minimum atomic E-state index is -4.36. The summed E-state index contributed by atoms with van der Waals surface area (Å²) in [6.45, 7) is 0. The molecule has 0 spiro atoms. The van der Waals surface area contributed by atoms with Gasteiger partial charge in [0.1, 0.15) is 11.9 Å². The lowest BCUT2D eigenvalue weighted by atomic mass is 10.1. The van der Waals surface area contributed by atoms with Gasteiger partial charge in [-0.25, -0.2) is 18.5 Å². The Bertz CT molecular complexity index is 1070. The highest BCUT2D eigenvalue weighted by atomic mass is 32.2. The zero-order valence-electron chi connectivity index (χ0n) is 13.3. The van der Waals surface area contributed by atoms with Gasteiger partial charge in [0.15, 0.2) is 5.76 Å². The number of hydrogen-bond donors (Lipinski definition) is 3. The van der Waals surface area contributed by atoms with Crippen LogP contribution in [-0.4, -0.2) is 23.2 Å². The fourth-order valence-electron chi connectivity index (χ4n) is 2.39. The van der Waals surface area contributed by atoms with Gasteiger partial charge in [-0.15, -0.1) is 0 Å². The molecular formula is C16H15N2O6PS. The minimum absolute atomic E-state index is 0.0579. The Balaban J connectivity index is 2.11. The van der Waals surface area contributed by atoms with Gasteiger partial charge in [0.2, 0.25) is 15.9 Å². The summed E-state index contributed by atoms with van der Waals surface area (Å²) in [7, 11) is -8.19. The Morgan fingerprint density at radius 3 is 2.15 bits per heavy atom. The second-order valence-electron chi connectivity index (χ2n) is 5.54. The van der Waals surface area contributed by atoms with E-state index in [1.807, 2.05) is 6.07 Å². The van der Waals surface area contributed by atoms with Gasteiger partial charge >= 0.3 is 7.60 Å². The summed E-state index contributed by atoms with van der Waals surface area (Å²) < 4.78 is 39.6. The first-order valence-electron chi connectivity index (χ1n) is 7.36. The van der Waals surface area contributed by atoms with Gasteiger partial charge in [-0.3, -0.25) is 4.57 Å². The van der Waals surface area contributed by atoms with E-state index in [-0.39, 0.29) is 16.5 Å². The van der Waals surface area contributed by atoms with Crippen molar-refractivity contribution in [2.24, 2.45) is 5.14 Å². The van der Waals surface area contributed by atoms with Crippen LogP contribution in [-0.2, 0) is 20.8 Å². The van der Waals surface area contributed by atoms with Crippen LogP contribution in [0.3, 0.4) is 0 Å². The molecule has 1 heterocycles. The summed E-state index contributed by atoms with van der Waals surface area (Å²) in [6.07, 6.45) is -0.637. The van der Waals surface area contributed by atoms with Gasteiger partial charge in [0.05, 0.1) is 4.90 Å². The predicted octanol–water partition coefficient (Wildman–Crippen LogP) is 2.33. The van der Waals surface area contributed by atoms with E-state index in [9.17, 15) is 13.0 Å². The third-order valence-corrected chi connectivity index (χ3v) is 5.12. The predicted molar refractivity (Wildman–Crippen MR) is 94.5 cm³/mol.